The highest BCUT2D eigenvalue weighted by Gasteiger charge is 2.12. The predicted octanol–water partition coefficient (Wildman–Crippen LogP) is 0.304. The topological polar surface area (TPSA) is 87.3 Å². The van der Waals surface area contributed by atoms with Crippen molar-refractivity contribution in [2.75, 3.05) is 39.4 Å². The third-order valence-corrected chi connectivity index (χ3v) is 4.18. The molecule has 2 N–H and O–H groups in total. The van der Waals surface area contributed by atoms with Gasteiger partial charge in [-0.1, -0.05) is 18.2 Å². The fourth-order valence-corrected chi connectivity index (χ4v) is 2.88. The van der Waals surface area contributed by atoms with Crippen LogP contribution in [0.4, 0.5) is 0 Å². The van der Waals surface area contributed by atoms with E-state index in [0.29, 0.717) is 17.6 Å². The average Bonchev–Trinajstić information content (AvgIpc) is 2.62. The van der Waals surface area contributed by atoms with Crippen LogP contribution in [0.1, 0.15) is 12.1 Å². The van der Waals surface area contributed by atoms with E-state index in [1.807, 2.05) is 12.1 Å². The Morgan fingerprint density at radius 2 is 2.00 bits per heavy atom. The standard InChI is InChI=1S/C17H22N4O3/c22-16(18-6-3-7-21-8-10-24-11-9-21)12-15-13-4-1-2-5-14(13)17(23)20-19-15/h1-2,4-5H,3,6-12H2,(H,18,22)(H,20,23). The number of hydrogen-bond acceptors (Lipinski definition) is 5. The lowest BCUT2D eigenvalue weighted by Gasteiger charge is -2.26. The Morgan fingerprint density at radius 3 is 2.79 bits per heavy atom. The summed E-state index contributed by atoms with van der Waals surface area (Å²) in [6.07, 6.45) is 1.07. The molecule has 0 spiro atoms. The van der Waals surface area contributed by atoms with Crippen LogP contribution in [0.5, 0.6) is 0 Å². The monoisotopic (exact) mass is 330 g/mol. The summed E-state index contributed by atoms with van der Waals surface area (Å²) in [5, 5.41) is 10.7. The van der Waals surface area contributed by atoms with Crippen LogP contribution in [0, 0.1) is 0 Å². The first-order valence-electron chi connectivity index (χ1n) is 8.27. The van der Waals surface area contributed by atoms with Gasteiger partial charge in [-0.15, -0.1) is 0 Å². The van der Waals surface area contributed by atoms with Gasteiger partial charge in [-0.2, -0.15) is 5.10 Å². The molecule has 0 radical (unpaired) electrons. The Morgan fingerprint density at radius 1 is 1.25 bits per heavy atom. The highest BCUT2D eigenvalue weighted by atomic mass is 16.5. The molecule has 1 aliphatic heterocycles. The number of nitrogens with zero attached hydrogens (tertiary/aromatic N) is 2. The zero-order valence-electron chi connectivity index (χ0n) is 13.6. The number of benzene rings is 1. The molecule has 2 heterocycles. The maximum absolute atomic E-state index is 12.1. The van der Waals surface area contributed by atoms with Crippen LogP contribution < -0.4 is 10.9 Å². The minimum absolute atomic E-state index is 0.0818. The normalized spacial score (nSPS) is 15.5. The largest absolute Gasteiger partial charge is 0.379 e. The molecular weight excluding hydrogens is 308 g/mol. The summed E-state index contributed by atoms with van der Waals surface area (Å²) in [4.78, 5) is 26.2. The Hall–Kier alpha value is -2.25. The number of nitrogens with one attached hydrogen (secondary N) is 2. The van der Waals surface area contributed by atoms with Crippen LogP contribution >= 0.6 is 0 Å². The molecule has 7 nitrogen and oxygen atoms in total. The molecule has 2 aromatic rings. The molecule has 0 saturated carbocycles. The number of aromatic amines is 1. The van der Waals surface area contributed by atoms with Gasteiger partial charge >= 0.3 is 0 Å². The third-order valence-electron chi connectivity index (χ3n) is 4.18. The second kappa shape index (κ2) is 8.03. The van der Waals surface area contributed by atoms with Crippen molar-refractivity contribution in [3.8, 4) is 0 Å². The number of hydrogen-bond donors (Lipinski definition) is 2. The number of morpholine rings is 1. The Bertz CT molecular complexity index is 753. The molecule has 128 valence electrons. The number of carbonyl (C=O) groups excluding carboxylic acids is 1. The number of amides is 1. The van der Waals surface area contributed by atoms with Crippen LogP contribution in [-0.2, 0) is 16.0 Å². The number of aromatic nitrogens is 2. The van der Waals surface area contributed by atoms with Crippen LogP contribution in [0.15, 0.2) is 29.1 Å². The van der Waals surface area contributed by atoms with Crippen molar-refractivity contribution in [1.29, 1.82) is 0 Å². The van der Waals surface area contributed by atoms with Crippen molar-refractivity contribution in [2.45, 2.75) is 12.8 Å². The van der Waals surface area contributed by atoms with Gasteiger partial charge in [0.1, 0.15) is 0 Å². The zero-order valence-corrected chi connectivity index (χ0v) is 13.6. The second-order valence-electron chi connectivity index (χ2n) is 5.88. The van der Waals surface area contributed by atoms with Crippen LogP contribution in [0.25, 0.3) is 10.8 Å². The highest BCUT2D eigenvalue weighted by molar-refractivity contribution is 5.88. The summed E-state index contributed by atoms with van der Waals surface area (Å²) in [6.45, 7) is 5.10. The molecule has 0 atom stereocenters. The maximum Gasteiger partial charge on any atom is 0.272 e. The van der Waals surface area contributed by atoms with Crippen LogP contribution in [0.2, 0.25) is 0 Å². The van der Waals surface area contributed by atoms with Gasteiger partial charge in [0.05, 0.1) is 30.7 Å². The van der Waals surface area contributed by atoms with E-state index >= 15 is 0 Å². The van der Waals surface area contributed by atoms with E-state index in [9.17, 15) is 9.59 Å². The van der Waals surface area contributed by atoms with Gasteiger partial charge in [0, 0.05) is 25.0 Å². The highest BCUT2D eigenvalue weighted by Crippen LogP contribution is 2.12. The molecule has 24 heavy (non-hydrogen) atoms. The van der Waals surface area contributed by atoms with Gasteiger partial charge in [-0.25, -0.2) is 5.10 Å². The Balaban J connectivity index is 1.50. The van der Waals surface area contributed by atoms with Crippen molar-refractivity contribution in [3.63, 3.8) is 0 Å². The molecule has 1 saturated heterocycles. The minimum Gasteiger partial charge on any atom is -0.379 e. The molecule has 0 aliphatic carbocycles. The average molecular weight is 330 g/mol. The van der Waals surface area contributed by atoms with E-state index in [4.69, 9.17) is 4.74 Å². The van der Waals surface area contributed by atoms with Gasteiger partial charge in [-0.05, 0) is 19.0 Å². The van der Waals surface area contributed by atoms with Crippen molar-refractivity contribution >= 4 is 16.7 Å². The molecule has 3 rings (SSSR count). The lowest BCUT2D eigenvalue weighted by atomic mass is 10.1. The summed E-state index contributed by atoms with van der Waals surface area (Å²) in [7, 11) is 0. The first kappa shape index (κ1) is 16.6. The summed E-state index contributed by atoms with van der Waals surface area (Å²) < 4.78 is 5.31. The van der Waals surface area contributed by atoms with Crippen molar-refractivity contribution in [3.05, 3.63) is 40.3 Å². The fourth-order valence-electron chi connectivity index (χ4n) is 2.88. The predicted molar refractivity (Wildman–Crippen MR) is 91.0 cm³/mol. The van der Waals surface area contributed by atoms with Crippen molar-refractivity contribution in [2.24, 2.45) is 0 Å². The summed E-state index contributed by atoms with van der Waals surface area (Å²) >= 11 is 0. The summed E-state index contributed by atoms with van der Waals surface area (Å²) in [5.41, 5.74) is 0.358. The lowest BCUT2D eigenvalue weighted by Crippen LogP contribution is -2.38. The van der Waals surface area contributed by atoms with Gasteiger partial charge in [0.25, 0.3) is 5.56 Å². The number of rotatable bonds is 6. The van der Waals surface area contributed by atoms with E-state index in [0.717, 1.165) is 44.7 Å². The molecule has 1 fully saturated rings. The van der Waals surface area contributed by atoms with E-state index in [1.165, 1.54) is 0 Å². The van der Waals surface area contributed by atoms with Gasteiger partial charge < -0.3 is 10.1 Å². The summed E-state index contributed by atoms with van der Waals surface area (Å²) in [5.74, 6) is -0.0818. The fraction of sp³-hybridized carbons (Fsp3) is 0.471. The first-order valence-corrected chi connectivity index (χ1v) is 8.27. The number of fused-ring (bicyclic) bond motifs is 1. The molecule has 0 bridgehead atoms. The van der Waals surface area contributed by atoms with Gasteiger partial charge in [-0.3, -0.25) is 14.5 Å². The summed E-state index contributed by atoms with van der Waals surface area (Å²) in [6, 6.07) is 7.19. The number of carbonyl (C=O) groups is 1. The molecule has 7 heteroatoms. The molecular formula is C17H22N4O3. The minimum atomic E-state index is -0.236. The zero-order chi connectivity index (χ0) is 16.8. The Kier molecular flexibility index (Phi) is 5.55. The molecule has 1 amide bonds. The maximum atomic E-state index is 12.1. The van der Waals surface area contributed by atoms with Crippen molar-refractivity contribution < 1.29 is 9.53 Å². The number of H-pyrrole nitrogens is 1. The van der Waals surface area contributed by atoms with E-state index in [-0.39, 0.29) is 17.9 Å². The van der Waals surface area contributed by atoms with Gasteiger partial charge in [0.15, 0.2) is 0 Å². The SMILES string of the molecule is O=C(Cc1n[nH]c(=O)c2ccccc12)NCCCN1CCOCC1. The van der Waals surface area contributed by atoms with Crippen LogP contribution in [-0.4, -0.2) is 60.4 Å². The second-order valence-corrected chi connectivity index (χ2v) is 5.88. The van der Waals surface area contributed by atoms with Crippen molar-refractivity contribution in [1.82, 2.24) is 20.4 Å². The lowest BCUT2D eigenvalue weighted by molar-refractivity contribution is -0.120. The quantitative estimate of drug-likeness (QED) is 0.744. The van der Waals surface area contributed by atoms with E-state index in [1.54, 1.807) is 12.1 Å². The Labute approximate surface area is 140 Å². The first-order chi connectivity index (χ1) is 11.7. The molecule has 0 unspecified atom stereocenters. The van der Waals surface area contributed by atoms with Crippen LogP contribution in [0.3, 0.4) is 0 Å². The number of ether oxygens (including phenoxy) is 1. The molecule has 1 aromatic carbocycles. The molecule has 1 aromatic heterocycles. The smallest absolute Gasteiger partial charge is 0.272 e. The third kappa shape index (κ3) is 4.18. The molecule has 1 aliphatic rings. The van der Waals surface area contributed by atoms with E-state index in [2.05, 4.69) is 20.4 Å². The van der Waals surface area contributed by atoms with E-state index < -0.39 is 0 Å². The van der Waals surface area contributed by atoms with Gasteiger partial charge in [0.2, 0.25) is 5.91 Å².